The summed E-state index contributed by atoms with van der Waals surface area (Å²) < 4.78 is 27.7. The van der Waals surface area contributed by atoms with E-state index in [4.69, 9.17) is 5.73 Å². The molecule has 4 heteroatoms. The van der Waals surface area contributed by atoms with Crippen LogP contribution in [0.5, 0.6) is 0 Å². The highest BCUT2D eigenvalue weighted by molar-refractivity contribution is 9.10. The fraction of sp³-hybridized carbons (Fsp3) is 0.200. The zero-order chi connectivity index (χ0) is 14.0. The van der Waals surface area contributed by atoms with Gasteiger partial charge < -0.3 is 5.73 Å². The maximum absolute atomic E-state index is 13.6. The number of benzene rings is 2. The van der Waals surface area contributed by atoms with Gasteiger partial charge >= 0.3 is 0 Å². The van der Waals surface area contributed by atoms with Crippen LogP contribution in [0.3, 0.4) is 0 Å². The molecule has 0 saturated heterocycles. The Balaban J connectivity index is 2.23. The van der Waals surface area contributed by atoms with Crippen molar-refractivity contribution in [2.45, 2.75) is 19.4 Å². The third-order valence-corrected chi connectivity index (χ3v) is 3.95. The van der Waals surface area contributed by atoms with Gasteiger partial charge in [0.1, 0.15) is 0 Å². The third kappa shape index (κ3) is 3.19. The summed E-state index contributed by atoms with van der Waals surface area (Å²) in [7, 11) is 0. The summed E-state index contributed by atoms with van der Waals surface area (Å²) in [6.45, 7) is 1.98. The van der Waals surface area contributed by atoms with Crippen molar-refractivity contribution in [1.29, 1.82) is 0 Å². The largest absolute Gasteiger partial charge is 0.324 e. The van der Waals surface area contributed by atoms with E-state index in [9.17, 15) is 8.78 Å². The van der Waals surface area contributed by atoms with Crippen LogP contribution < -0.4 is 5.73 Å². The molecule has 0 fully saturated rings. The Labute approximate surface area is 119 Å². The van der Waals surface area contributed by atoms with E-state index in [-0.39, 0.29) is 12.5 Å². The predicted octanol–water partition coefficient (Wildman–Crippen LogP) is 4.28. The SMILES string of the molecule is Cc1ccc(C(N)Cc2cccc(F)c2F)cc1Br. The van der Waals surface area contributed by atoms with Crippen molar-refractivity contribution in [1.82, 2.24) is 0 Å². The number of hydrogen-bond acceptors (Lipinski definition) is 1. The van der Waals surface area contributed by atoms with E-state index >= 15 is 0 Å². The topological polar surface area (TPSA) is 26.0 Å². The van der Waals surface area contributed by atoms with Crippen molar-refractivity contribution in [3.05, 3.63) is 69.2 Å². The Kier molecular flexibility index (Phi) is 4.32. The van der Waals surface area contributed by atoms with Crippen LogP contribution in [0.4, 0.5) is 8.78 Å². The summed E-state index contributed by atoms with van der Waals surface area (Å²) in [5.41, 5.74) is 8.35. The van der Waals surface area contributed by atoms with Crippen molar-refractivity contribution >= 4 is 15.9 Å². The number of hydrogen-bond donors (Lipinski definition) is 1. The minimum atomic E-state index is -0.838. The molecule has 0 aliphatic heterocycles. The molecule has 0 bridgehead atoms. The molecule has 0 heterocycles. The normalized spacial score (nSPS) is 12.5. The lowest BCUT2D eigenvalue weighted by atomic mass is 9.98. The first-order valence-corrected chi connectivity index (χ1v) is 6.73. The summed E-state index contributed by atoms with van der Waals surface area (Å²) in [6.07, 6.45) is 0.263. The lowest BCUT2D eigenvalue weighted by Gasteiger charge is -2.14. The Bertz CT molecular complexity index is 599. The molecule has 0 amide bonds. The van der Waals surface area contributed by atoms with Gasteiger partial charge in [-0.15, -0.1) is 0 Å². The predicted molar refractivity (Wildman–Crippen MR) is 75.9 cm³/mol. The summed E-state index contributed by atoms with van der Waals surface area (Å²) in [6, 6.07) is 9.55. The highest BCUT2D eigenvalue weighted by Crippen LogP contribution is 2.24. The Morgan fingerprint density at radius 3 is 2.63 bits per heavy atom. The van der Waals surface area contributed by atoms with Crippen LogP contribution in [0.25, 0.3) is 0 Å². The fourth-order valence-electron chi connectivity index (χ4n) is 1.90. The van der Waals surface area contributed by atoms with Crippen LogP contribution in [0, 0.1) is 18.6 Å². The lowest BCUT2D eigenvalue weighted by molar-refractivity contribution is 0.494. The molecule has 0 aliphatic carbocycles. The van der Waals surface area contributed by atoms with Crippen LogP contribution >= 0.6 is 15.9 Å². The second-order valence-electron chi connectivity index (χ2n) is 4.53. The van der Waals surface area contributed by atoms with Gasteiger partial charge in [-0.2, -0.15) is 0 Å². The van der Waals surface area contributed by atoms with Crippen LogP contribution in [0.2, 0.25) is 0 Å². The molecular formula is C15H14BrF2N. The van der Waals surface area contributed by atoms with Gasteiger partial charge in [-0.3, -0.25) is 0 Å². The van der Waals surface area contributed by atoms with Gasteiger partial charge in [0.15, 0.2) is 11.6 Å². The van der Waals surface area contributed by atoms with Gasteiger partial charge in [0.2, 0.25) is 0 Å². The molecule has 0 spiro atoms. The van der Waals surface area contributed by atoms with Gasteiger partial charge in [-0.05, 0) is 42.2 Å². The van der Waals surface area contributed by atoms with Crippen LogP contribution in [-0.4, -0.2) is 0 Å². The smallest absolute Gasteiger partial charge is 0.162 e. The maximum atomic E-state index is 13.6. The zero-order valence-corrected chi connectivity index (χ0v) is 12.0. The van der Waals surface area contributed by atoms with Crippen molar-refractivity contribution in [3.8, 4) is 0 Å². The molecule has 0 saturated carbocycles. The molecule has 1 nitrogen and oxygen atoms in total. The van der Waals surface area contributed by atoms with Gasteiger partial charge in [-0.25, -0.2) is 8.78 Å². The molecule has 2 aromatic rings. The quantitative estimate of drug-likeness (QED) is 0.895. The first kappa shape index (κ1) is 14.2. The van der Waals surface area contributed by atoms with E-state index in [1.807, 2.05) is 25.1 Å². The van der Waals surface area contributed by atoms with Crippen LogP contribution in [-0.2, 0) is 6.42 Å². The third-order valence-electron chi connectivity index (χ3n) is 3.10. The second-order valence-corrected chi connectivity index (χ2v) is 5.39. The van der Waals surface area contributed by atoms with Crippen molar-refractivity contribution in [2.24, 2.45) is 5.73 Å². The number of halogens is 3. The van der Waals surface area contributed by atoms with E-state index in [1.54, 1.807) is 6.07 Å². The summed E-state index contributed by atoms with van der Waals surface area (Å²) in [5, 5.41) is 0. The lowest BCUT2D eigenvalue weighted by Crippen LogP contribution is -2.14. The number of nitrogens with two attached hydrogens (primary N) is 1. The van der Waals surface area contributed by atoms with Gasteiger partial charge in [0, 0.05) is 10.5 Å². The zero-order valence-electron chi connectivity index (χ0n) is 10.5. The minimum absolute atomic E-state index is 0.263. The van der Waals surface area contributed by atoms with Gasteiger partial charge in [0.25, 0.3) is 0 Å². The van der Waals surface area contributed by atoms with E-state index in [0.29, 0.717) is 5.56 Å². The molecule has 2 rings (SSSR count). The Morgan fingerprint density at radius 1 is 1.21 bits per heavy atom. The number of aryl methyl sites for hydroxylation is 1. The van der Waals surface area contributed by atoms with E-state index in [1.165, 1.54) is 6.07 Å². The molecule has 0 radical (unpaired) electrons. The van der Waals surface area contributed by atoms with E-state index in [2.05, 4.69) is 15.9 Å². The molecular weight excluding hydrogens is 312 g/mol. The number of rotatable bonds is 3. The molecule has 19 heavy (non-hydrogen) atoms. The highest BCUT2D eigenvalue weighted by atomic mass is 79.9. The molecule has 1 unspecified atom stereocenters. The Hall–Kier alpha value is -1.26. The van der Waals surface area contributed by atoms with Gasteiger partial charge in [0.05, 0.1) is 0 Å². The Morgan fingerprint density at radius 2 is 1.95 bits per heavy atom. The van der Waals surface area contributed by atoms with E-state index in [0.717, 1.165) is 21.7 Å². The summed E-state index contributed by atoms with van der Waals surface area (Å²) in [5.74, 6) is -1.65. The second kappa shape index (κ2) is 5.80. The molecule has 0 aliphatic rings. The average molecular weight is 326 g/mol. The average Bonchev–Trinajstić information content (AvgIpc) is 2.38. The van der Waals surface area contributed by atoms with E-state index < -0.39 is 11.6 Å². The molecule has 2 aromatic carbocycles. The van der Waals surface area contributed by atoms with Crippen LogP contribution in [0.15, 0.2) is 40.9 Å². The van der Waals surface area contributed by atoms with Crippen molar-refractivity contribution in [3.63, 3.8) is 0 Å². The maximum Gasteiger partial charge on any atom is 0.162 e. The first-order chi connectivity index (χ1) is 8.99. The van der Waals surface area contributed by atoms with Gasteiger partial charge in [-0.1, -0.05) is 40.2 Å². The van der Waals surface area contributed by atoms with Crippen molar-refractivity contribution < 1.29 is 8.78 Å². The molecule has 0 aromatic heterocycles. The highest BCUT2D eigenvalue weighted by Gasteiger charge is 2.13. The summed E-state index contributed by atoms with van der Waals surface area (Å²) in [4.78, 5) is 0. The minimum Gasteiger partial charge on any atom is -0.324 e. The van der Waals surface area contributed by atoms with Crippen LogP contribution in [0.1, 0.15) is 22.7 Å². The van der Waals surface area contributed by atoms with Crippen molar-refractivity contribution in [2.75, 3.05) is 0 Å². The molecule has 100 valence electrons. The monoisotopic (exact) mass is 325 g/mol. The molecule has 1 atom stereocenters. The first-order valence-electron chi connectivity index (χ1n) is 5.93. The fourth-order valence-corrected chi connectivity index (χ4v) is 2.30. The summed E-state index contributed by atoms with van der Waals surface area (Å²) >= 11 is 3.44. The molecule has 2 N–H and O–H groups in total. The standard InChI is InChI=1S/C15H14BrF2N/c1-9-5-6-10(7-12(9)16)14(19)8-11-3-2-4-13(17)15(11)18/h2-7,14H,8,19H2,1H3.